The zero-order valence-electron chi connectivity index (χ0n) is 10.1. The highest BCUT2D eigenvalue weighted by atomic mass is 16.4. The Kier molecular flexibility index (Phi) is 7.86. The number of hydrogen-bond acceptors (Lipinski definition) is 4. The summed E-state index contributed by atoms with van der Waals surface area (Å²) >= 11 is 0. The minimum absolute atomic E-state index is 0.0741. The van der Waals surface area contributed by atoms with Crippen molar-refractivity contribution in [1.29, 1.82) is 0 Å². The summed E-state index contributed by atoms with van der Waals surface area (Å²) < 4.78 is 0. The minimum Gasteiger partial charge on any atom is -0.508 e. The summed E-state index contributed by atoms with van der Waals surface area (Å²) in [7, 11) is 0. The number of carboxylic acid groups (broad SMARTS) is 1. The summed E-state index contributed by atoms with van der Waals surface area (Å²) in [6, 6.07) is 14.1. The first kappa shape index (κ1) is 16.2. The van der Waals surface area contributed by atoms with Crippen LogP contribution in [0.2, 0.25) is 0 Å². The van der Waals surface area contributed by atoms with Crippen molar-refractivity contribution in [2.24, 2.45) is 0 Å². The third kappa shape index (κ3) is 7.17. The Labute approximate surface area is 110 Å². The van der Waals surface area contributed by atoms with E-state index in [0.29, 0.717) is 5.75 Å². The fourth-order valence-corrected chi connectivity index (χ4v) is 1.03. The van der Waals surface area contributed by atoms with Gasteiger partial charge >= 0.3 is 5.97 Å². The van der Waals surface area contributed by atoms with Gasteiger partial charge in [0.2, 0.25) is 0 Å². The van der Waals surface area contributed by atoms with Gasteiger partial charge in [-0.3, -0.25) is 0 Å². The fraction of sp³-hybridized carbons (Fsp3) is 0. The molecule has 5 nitrogen and oxygen atoms in total. The van der Waals surface area contributed by atoms with E-state index < -0.39 is 5.97 Å². The maximum atomic E-state index is 10.2. The first-order valence-corrected chi connectivity index (χ1v) is 5.15. The second kappa shape index (κ2) is 9.23. The molecule has 0 atom stereocenters. The van der Waals surface area contributed by atoms with Crippen LogP contribution in [0, 0.1) is 0 Å². The van der Waals surface area contributed by atoms with E-state index in [4.69, 9.17) is 20.1 Å². The van der Waals surface area contributed by atoms with Gasteiger partial charge in [-0.1, -0.05) is 18.2 Å². The van der Waals surface area contributed by atoms with Crippen molar-refractivity contribution in [2.45, 2.75) is 0 Å². The van der Waals surface area contributed by atoms with Gasteiger partial charge < -0.3 is 20.1 Å². The van der Waals surface area contributed by atoms with Crippen molar-refractivity contribution in [2.75, 3.05) is 0 Å². The number of hydrogen-bond donors (Lipinski definition) is 3. The van der Waals surface area contributed by atoms with Crippen LogP contribution < -0.4 is 0 Å². The summed E-state index contributed by atoms with van der Waals surface area (Å²) in [5.74, 6) is -0.590. The molecule has 0 saturated heterocycles. The lowest BCUT2D eigenvalue weighted by molar-refractivity contribution is -0.0980. The topological polar surface area (TPSA) is 94.8 Å². The van der Waals surface area contributed by atoms with Crippen LogP contribution in [0.25, 0.3) is 0 Å². The van der Waals surface area contributed by atoms with Gasteiger partial charge in [0.25, 0.3) is 0 Å². The molecule has 0 spiro atoms. The van der Waals surface area contributed by atoms with Crippen molar-refractivity contribution >= 4 is 12.8 Å². The zero-order chi connectivity index (χ0) is 14.7. The Morgan fingerprint density at radius 1 is 0.789 bits per heavy atom. The Hall–Kier alpha value is -2.82. The van der Waals surface area contributed by atoms with Crippen LogP contribution in [0.1, 0.15) is 10.4 Å². The highest BCUT2D eigenvalue weighted by Gasteiger charge is 1.99. The number of benzene rings is 2. The lowest BCUT2D eigenvalue weighted by atomic mass is 10.2. The number of carboxylic acids is 1. The molecule has 0 unspecified atom stereocenters. The number of phenolic OH excluding ortho intramolecular Hbond substituents is 2. The molecular formula is C14H14O5. The molecule has 0 fully saturated rings. The SMILES string of the molecule is C=O.O=C(O)c1ccc(O)cc1.Oc1ccccc1. The maximum Gasteiger partial charge on any atom is 0.335 e. The first-order valence-electron chi connectivity index (χ1n) is 5.15. The summed E-state index contributed by atoms with van der Waals surface area (Å²) in [4.78, 5) is 18.2. The van der Waals surface area contributed by atoms with E-state index in [9.17, 15) is 4.79 Å². The smallest absolute Gasteiger partial charge is 0.335 e. The molecule has 3 N–H and O–H groups in total. The van der Waals surface area contributed by atoms with E-state index in [0.717, 1.165) is 0 Å². The first-order chi connectivity index (χ1) is 9.09. The van der Waals surface area contributed by atoms with Crippen LogP contribution in [0.15, 0.2) is 54.6 Å². The molecule has 0 aliphatic rings. The van der Waals surface area contributed by atoms with Gasteiger partial charge in [0.05, 0.1) is 5.56 Å². The maximum absolute atomic E-state index is 10.2. The molecule has 100 valence electrons. The summed E-state index contributed by atoms with van der Waals surface area (Å²) in [5, 5.41) is 25.8. The Morgan fingerprint density at radius 3 is 1.53 bits per heavy atom. The van der Waals surface area contributed by atoms with Crippen molar-refractivity contribution in [3.8, 4) is 11.5 Å². The zero-order valence-corrected chi connectivity index (χ0v) is 10.1. The molecule has 2 aromatic carbocycles. The molecule has 0 saturated carbocycles. The predicted molar refractivity (Wildman–Crippen MR) is 70.3 cm³/mol. The van der Waals surface area contributed by atoms with Gasteiger partial charge in [0.15, 0.2) is 0 Å². The number of rotatable bonds is 1. The molecule has 5 heteroatoms. The van der Waals surface area contributed by atoms with Crippen LogP contribution in [-0.4, -0.2) is 28.1 Å². The lowest BCUT2D eigenvalue weighted by Crippen LogP contribution is -1.93. The highest BCUT2D eigenvalue weighted by molar-refractivity contribution is 5.87. The molecule has 0 amide bonds. The predicted octanol–water partition coefficient (Wildman–Crippen LogP) is 2.30. The van der Waals surface area contributed by atoms with Crippen LogP contribution in [0.5, 0.6) is 11.5 Å². The number of aromatic hydroxyl groups is 2. The Morgan fingerprint density at radius 2 is 1.21 bits per heavy atom. The van der Waals surface area contributed by atoms with E-state index in [1.54, 1.807) is 24.3 Å². The normalized spacial score (nSPS) is 8.21. The number of carbonyl (C=O) groups is 2. The molecule has 0 aliphatic carbocycles. The van der Waals surface area contributed by atoms with Crippen molar-refractivity contribution in [1.82, 2.24) is 0 Å². The van der Waals surface area contributed by atoms with Gasteiger partial charge in [-0.25, -0.2) is 4.79 Å². The number of phenols is 2. The van der Waals surface area contributed by atoms with Crippen LogP contribution in [0.3, 0.4) is 0 Å². The third-order valence-corrected chi connectivity index (χ3v) is 1.87. The van der Waals surface area contributed by atoms with Gasteiger partial charge in [-0.15, -0.1) is 0 Å². The molecule has 0 aliphatic heterocycles. The monoisotopic (exact) mass is 262 g/mol. The van der Waals surface area contributed by atoms with E-state index in [-0.39, 0.29) is 11.3 Å². The molecule has 0 heterocycles. The quantitative estimate of drug-likeness (QED) is 0.733. The standard InChI is InChI=1S/C7H6O3.C6H6O.CH2O/c8-6-3-1-5(2-4-6)7(9)10;7-6-4-2-1-3-5-6;1-2/h1-4,8H,(H,9,10);1-5,7H;1H2. The van der Waals surface area contributed by atoms with E-state index in [2.05, 4.69) is 0 Å². The second-order valence-corrected chi connectivity index (χ2v) is 3.19. The second-order valence-electron chi connectivity index (χ2n) is 3.19. The summed E-state index contributed by atoms with van der Waals surface area (Å²) in [6.07, 6.45) is 0. The largest absolute Gasteiger partial charge is 0.508 e. The summed E-state index contributed by atoms with van der Waals surface area (Å²) in [6.45, 7) is 2.00. The van der Waals surface area contributed by atoms with Crippen LogP contribution in [-0.2, 0) is 4.79 Å². The van der Waals surface area contributed by atoms with Crippen LogP contribution >= 0.6 is 0 Å². The Balaban J connectivity index is 0.000000316. The molecule has 0 radical (unpaired) electrons. The van der Waals surface area contributed by atoms with E-state index in [1.165, 1.54) is 24.3 Å². The average Bonchev–Trinajstić information content (AvgIpc) is 2.43. The minimum atomic E-state index is -0.986. The lowest BCUT2D eigenvalue weighted by Gasteiger charge is -1.92. The van der Waals surface area contributed by atoms with E-state index >= 15 is 0 Å². The molecule has 2 rings (SSSR count). The Bertz CT molecular complexity index is 479. The molecule has 0 aromatic heterocycles. The van der Waals surface area contributed by atoms with Gasteiger partial charge in [-0.2, -0.15) is 0 Å². The van der Waals surface area contributed by atoms with E-state index in [1.807, 2.05) is 12.9 Å². The molecule has 2 aromatic rings. The highest BCUT2D eigenvalue weighted by Crippen LogP contribution is 2.08. The van der Waals surface area contributed by atoms with Crippen molar-refractivity contribution in [3.63, 3.8) is 0 Å². The van der Waals surface area contributed by atoms with Gasteiger partial charge in [0.1, 0.15) is 18.3 Å². The fourth-order valence-electron chi connectivity index (χ4n) is 1.03. The number of carbonyl (C=O) groups excluding carboxylic acids is 1. The molecule has 19 heavy (non-hydrogen) atoms. The average molecular weight is 262 g/mol. The van der Waals surface area contributed by atoms with Gasteiger partial charge in [-0.05, 0) is 36.4 Å². The third-order valence-electron chi connectivity index (χ3n) is 1.87. The number of aromatic carboxylic acids is 1. The van der Waals surface area contributed by atoms with Crippen LogP contribution in [0.4, 0.5) is 0 Å². The van der Waals surface area contributed by atoms with Crippen molar-refractivity contribution in [3.05, 3.63) is 60.2 Å². The van der Waals surface area contributed by atoms with Crippen molar-refractivity contribution < 1.29 is 24.9 Å². The van der Waals surface area contributed by atoms with Gasteiger partial charge in [0, 0.05) is 0 Å². The molecule has 0 bridgehead atoms. The molecular weight excluding hydrogens is 248 g/mol. The summed E-state index contributed by atoms with van der Waals surface area (Å²) in [5.41, 5.74) is 0.179. The number of para-hydroxylation sites is 1.